The average molecular weight is 236 g/mol. The van der Waals surface area contributed by atoms with Gasteiger partial charge in [0, 0.05) is 18.4 Å². The molecular weight excluding hydrogens is 216 g/mol. The molecule has 0 radical (unpaired) electrons. The van der Waals surface area contributed by atoms with E-state index >= 15 is 0 Å². The Hall–Kier alpha value is -1.42. The topological polar surface area (TPSA) is 51.2 Å². The van der Waals surface area contributed by atoms with Crippen LogP contribution < -0.4 is 5.32 Å². The maximum absolute atomic E-state index is 11.4. The van der Waals surface area contributed by atoms with E-state index in [0.717, 1.165) is 18.4 Å². The minimum Gasteiger partial charge on any atom is -0.465 e. The second-order valence-corrected chi connectivity index (χ2v) is 3.96. The smallest absolute Gasteiger partial charge is 0.319 e. The summed E-state index contributed by atoms with van der Waals surface area (Å²) in [5, 5.41) is 3.12. The molecule has 0 aromatic carbocycles. The molecule has 4 nitrogen and oxygen atoms in total. The summed E-state index contributed by atoms with van der Waals surface area (Å²) in [6.45, 7) is 4.83. The molecule has 0 unspecified atom stereocenters. The quantitative estimate of drug-likeness (QED) is 0.581. The zero-order chi connectivity index (χ0) is 12.5. The zero-order valence-electron chi connectivity index (χ0n) is 10.5. The van der Waals surface area contributed by atoms with Crippen LogP contribution >= 0.6 is 0 Å². The van der Waals surface area contributed by atoms with Gasteiger partial charge in [0.05, 0.1) is 13.2 Å². The van der Waals surface area contributed by atoms with Gasteiger partial charge in [0.25, 0.3) is 0 Å². The van der Waals surface area contributed by atoms with Crippen LogP contribution in [0.5, 0.6) is 0 Å². The maximum atomic E-state index is 11.4. The number of rotatable bonds is 7. The van der Waals surface area contributed by atoms with Gasteiger partial charge in [-0.15, -0.1) is 0 Å². The van der Waals surface area contributed by atoms with Crippen LogP contribution in [-0.2, 0) is 9.53 Å². The van der Waals surface area contributed by atoms with Gasteiger partial charge in [-0.1, -0.05) is 13.3 Å². The van der Waals surface area contributed by atoms with Crippen molar-refractivity contribution in [2.45, 2.75) is 32.7 Å². The molecule has 0 aliphatic heterocycles. The normalized spacial score (nSPS) is 12.1. The molecule has 1 heterocycles. The molecule has 0 amide bonds. The summed E-state index contributed by atoms with van der Waals surface area (Å²) in [4.78, 5) is 15.3. The van der Waals surface area contributed by atoms with E-state index in [1.165, 1.54) is 0 Å². The number of aromatic nitrogens is 1. The Kier molecular flexibility index (Phi) is 6.25. The predicted octanol–water partition coefficient (Wildman–Crippen LogP) is 2.08. The SMILES string of the molecule is CCCCOC(=O)CN[C@@H](C)c1ccncc1. The molecule has 0 aliphatic carbocycles. The van der Waals surface area contributed by atoms with Gasteiger partial charge in [-0.2, -0.15) is 0 Å². The molecular formula is C13H20N2O2. The van der Waals surface area contributed by atoms with Gasteiger partial charge in [0.2, 0.25) is 0 Å². The van der Waals surface area contributed by atoms with Gasteiger partial charge in [0.15, 0.2) is 0 Å². The van der Waals surface area contributed by atoms with Crippen molar-refractivity contribution < 1.29 is 9.53 Å². The van der Waals surface area contributed by atoms with Gasteiger partial charge < -0.3 is 10.1 Å². The fraction of sp³-hybridized carbons (Fsp3) is 0.538. The number of hydrogen-bond donors (Lipinski definition) is 1. The number of carbonyl (C=O) groups excluding carboxylic acids is 1. The van der Waals surface area contributed by atoms with E-state index in [1.54, 1.807) is 12.4 Å². The van der Waals surface area contributed by atoms with Crippen molar-refractivity contribution in [1.82, 2.24) is 10.3 Å². The highest BCUT2D eigenvalue weighted by Gasteiger charge is 2.07. The molecule has 17 heavy (non-hydrogen) atoms. The summed E-state index contributed by atoms with van der Waals surface area (Å²) in [6, 6.07) is 3.98. The molecule has 4 heteroatoms. The first-order valence-corrected chi connectivity index (χ1v) is 6.03. The first kappa shape index (κ1) is 13.6. The minimum absolute atomic E-state index is 0.122. The monoisotopic (exact) mass is 236 g/mol. The molecule has 1 N–H and O–H groups in total. The number of unbranched alkanes of at least 4 members (excludes halogenated alkanes) is 1. The fourth-order valence-corrected chi connectivity index (χ4v) is 1.39. The van der Waals surface area contributed by atoms with Crippen LogP contribution in [0.4, 0.5) is 0 Å². The van der Waals surface area contributed by atoms with Crippen LogP contribution in [-0.4, -0.2) is 24.1 Å². The lowest BCUT2D eigenvalue weighted by atomic mass is 10.1. The highest BCUT2D eigenvalue weighted by molar-refractivity contribution is 5.71. The molecule has 0 fully saturated rings. The zero-order valence-corrected chi connectivity index (χ0v) is 10.5. The Morgan fingerprint density at radius 3 is 2.82 bits per heavy atom. The first-order valence-electron chi connectivity index (χ1n) is 6.03. The number of esters is 1. The molecule has 94 valence electrons. The van der Waals surface area contributed by atoms with E-state index in [2.05, 4.69) is 17.2 Å². The second-order valence-electron chi connectivity index (χ2n) is 3.96. The van der Waals surface area contributed by atoms with Crippen LogP contribution in [0.2, 0.25) is 0 Å². The van der Waals surface area contributed by atoms with Gasteiger partial charge in [-0.25, -0.2) is 0 Å². The number of nitrogens with zero attached hydrogens (tertiary/aromatic N) is 1. The van der Waals surface area contributed by atoms with Crippen molar-refractivity contribution in [1.29, 1.82) is 0 Å². The number of ether oxygens (including phenoxy) is 1. The lowest BCUT2D eigenvalue weighted by Gasteiger charge is -2.13. The largest absolute Gasteiger partial charge is 0.465 e. The molecule has 1 rings (SSSR count). The van der Waals surface area contributed by atoms with Crippen LogP contribution in [0.1, 0.15) is 38.3 Å². The lowest BCUT2D eigenvalue weighted by molar-refractivity contribution is -0.142. The van der Waals surface area contributed by atoms with Gasteiger partial charge in [0.1, 0.15) is 0 Å². The molecule has 0 spiro atoms. The summed E-state index contributed by atoms with van der Waals surface area (Å²) in [7, 11) is 0. The van der Waals surface area contributed by atoms with Crippen LogP contribution in [0.3, 0.4) is 0 Å². The summed E-state index contributed by atoms with van der Waals surface area (Å²) in [5.41, 5.74) is 1.11. The minimum atomic E-state index is -0.195. The summed E-state index contributed by atoms with van der Waals surface area (Å²) in [6.07, 6.45) is 5.44. The van der Waals surface area contributed by atoms with E-state index in [-0.39, 0.29) is 18.6 Å². The molecule has 0 bridgehead atoms. The predicted molar refractivity (Wildman–Crippen MR) is 66.5 cm³/mol. The number of carbonyl (C=O) groups is 1. The van der Waals surface area contributed by atoms with Crippen molar-refractivity contribution in [3.05, 3.63) is 30.1 Å². The summed E-state index contributed by atoms with van der Waals surface area (Å²) in [5.74, 6) is -0.195. The standard InChI is InChI=1S/C13H20N2O2/c1-3-4-9-17-13(16)10-15-11(2)12-5-7-14-8-6-12/h5-8,11,15H,3-4,9-10H2,1-2H3/t11-/m0/s1. The molecule has 1 atom stereocenters. The van der Waals surface area contributed by atoms with Gasteiger partial charge in [-0.05, 0) is 31.0 Å². The van der Waals surface area contributed by atoms with E-state index in [9.17, 15) is 4.79 Å². The molecule has 0 aliphatic rings. The van der Waals surface area contributed by atoms with Crippen molar-refractivity contribution >= 4 is 5.97 Å². The summed E-state index contributed by atoms with van der Waals surface area (Å²) >= 11 is 0. The number of hydrogen-bond acceptors (Lipinski definition) is 4. The Morgan fingerprint density at radius 1 is 1.47 bits per heavy atom. The van der Waals surface area contributed by atoms with Crippen molar-refractivity contribution in [2.75, 3.05) is 13.2 Å². The van der Waals surface area contributed by atoms with Crippen LogP contribution in [0.25, 0.3) is 0 Å². The fourth-order valence-electron chi connectivity index (χ4n) is 1.39. The lowest BCUT2D eigenvalue weighted by Crippen LogP contribution is -2.27. The Balaban J connectivity index is 2.24. The third kappa shape index (κ3) is 5.45. The van der Waals surface area contributed by atoms with Crippen molar-refractivity contribution in [3.63, 3.8) is 0 Å². The van der Waals surface area contributed by atoms with Gasteiger partial charge in [-0.3, -0.25) is 9.78 Å². The Bertz CT molecular complexity index is 327. The van der Waals surface area contributed by atoms with Crippen molar-refractivity contribution in [3.8, 4) is 0 Å². The average Bonchev–Trinajstić information content (AvgIpc) is 2.37. The highest BCUT2D eigenvalue weighted by atomic mass is 16.5. The third-order valence-electron chi connectivity index (χ3n) is 2.52. The van der Waals surface area contributed by atoms with E-state index in [0.29, 0.717) is 6.61 Å². The highest BCUT2D eigenvalue weighted by Crippen LogP contribution is 2.09. The number of nitrogens with one attached hydrogen (secondary N) is 1. The van der Waals surface area contributed by atoms with Gasteiger partial charge >= 0.3 is 5.97 Å². The summed E-state index contributed by atoms with van der Waals surface area (Å²) < 4.78 is 5.05. The molecule has 1 aromatic heterocycles. The molecule has 0 saturated carbocycles. The molecule has 0 saturated heterocycles. The van der Waals surface area contributed by atoms with Crippen molar-refractivity contribution in [2.24, 2.45) is 0 Å². The second kappa shape index (κ2) is 7.79. The van der Waals surface area contributed by atoms with E-state index in [1.807, 2.05) is 19.1 Å². The van der Waals surface area contributed by atoms with Crippen LogP contribution in [0, 0.1) is 0 Å². The van der Waals surface area contributed by atoms with E-state index in [4.69, 9.17) is 4.74 Å². The van der Waals surface area contributed by atoms with Crippen LogP contribution in [0.15, 0.2) is 24.5 Å². The third-order valence-corrected chi connectivity index (χ3v) is 2.52. The maximum Gasteiger partial charge on any atom is 0.319 e. The van der Waals surface area contributed by atoms with E-state index < -0.39 is 0 Å². The Labute approximate surface area is 102 Å². The number of pyridine rings is 1. The molecule has 1 aromatic rings. The first-order chi connectivity index (χ1) is 8.24. The Morgan fingerprint density at radius 2 is 2.18 bits per heavy atom.